The molecule has 10 heteroatoms. The van der Waals surface area contributed by atoms with E-state index in [1.165, 1.54) is 0 Å². The highest BCUT2D eigenvalue weighted by Gasteiger charge is 2.27. The first-order valence-electron chi connectivity index (χ1n) is 9.16. The highest BCUT2D eigenvalue weighted by atomic mass is 16.1. The lowest BCUT2D eigenvalue weighted by Crippen LogP contribution is -2.27. The second kappa shape index (κ2) is 7.03. The van der Waals surface area contributed by atoms with Crippen LogP contribution in [0.2, 0.25) is 0 Å². The first-order chi connectivity index (χ1) is 13.0. The minimum absolute atomic E-state index is 0.123. The molecule has 3 aromatic heterocycles. The largest absolute Gasteiger partial charge is 0.359 e. The summed E-state index contributed by atoms with van der Waals surface area (Å²) in [7, 11) is 1.60. The van der Waals surface area contributed by atoms with E-state index in [0.717, 1.165) is 31.5 Å². The topological polar surface area (TPSA) is 129 Å². The van der Waals surface area contributed by atoms with E-state index in [9.17, 15) is 4.79 Å². The molecule has 0 atom stereocenters. The third-order valence-corrected chi connectivity index (χ3v) is 5.03. The molecule has 3 N–H and O–H groups in total. The van der Waals surface area contributed by atoms with Crippen LogP contribution in [0.25, 0.3) is 11.5 Å². The molecule has 0 radical (unpaired) electrons. The number of aryl methyl sites for hydroxylation is 1. The summed E-state index contributed by atoms with van der Waals surface area (Å²) in [6, 6.07) is 3.94. The van der Waals surface area contributed by atoms with Gasteiger partial charge in [-0.3, -0.25) is 4.79 Å². The average Bonchev–Trinajstić information content (AvgIpc) is 3.26. The molecule has 27 heavy (non-hydrogen) atoms. The van der Waals surface area contributed by atoms with Gasteiger partial charge in [-0.2, -0.15) is 9.20 Å². The maximum atomic E-state index is 11.8. The molecule has 1 aliphatic rings. The number of fused-ring (bicyclic) bond motifs is 1. The fourth-order valence-corrected chi connectivity index (χ4v) is 3.49. The van der Waals surface area contributed by atoms with Crippen molar-refractivity contribution < 1.29 is 4.79 Å². The molecule has 0 spiro atoms. The van der Waals surface area contributed by atoms with Crippen molar-refractivity contribution in [1.29, 1.82) is 0 Å². The van der Waals surface area contributed by atoms with Crippen LogP contribution in [0.5, 0.6) is 0 Å². The van der Waals surface area contributed by atoms with E-state index in [0.29, 0.717) is 23.1 Å². The molecule has 1 aliphatic carbocycles. The van der Waals surface area contributed by atoms with E-state index in [4.69, 9.17) is 5.73 Å². The minimum Gasteiger partial charge on any atom is -0.359 e. The summed E-state index contributed by atoms with van der Waals surface area (Å²) in [6.07, 6.45) is 3.95. The molecule has 1 fully saturated rings. The summed E-state index contributed by atoms with van der Waals surface area (Å²) in [5, 5.41) is 19.9. The van der Waals surface area contributed by atoms with Crippen molar-refractivity contribution in [2.24, 2.45) is 5.73 Å². The molecular weight excluding hydrogens is 346 g/mol. The number of hydrogen-bond donors (Lipinski definition) is 2. The quantitative estimate of drug-likeness (QED) is 0.676. The van der Waals surface area contributed by atoms with Gasteiger partial charge in [-0.25, -0.2) is 4.98 Å². The summed E-state index contributed by atoms with van der Waals surface area (Å²) in [6.45, 7) is 1.85. The number of amides is 1. The van der Waals surface area contributed by atoms with Crippen molar-refractivity contribution in [2.45, 2.75) is 51.0 Å². The maximum absolute atomic E-state index is 11.8. The van der Waals surface area contributed by atoms with Crippen LogP contribution >= 0.6 is 0 Å². The van der Waals surface area contributed by atoms with Gasteiger partial charge in [-0.15, -0.1) is 20.4 Å². The van der Waals surface area contributed by atoms with E-state index in [1.807, 2.05) is 19.1 Å². The van der Waals surface area contributed by atoms with Gasteiger partial charge in [0.05, 0.1) is 6.42 Å². The van der Waals surface area contributed by atoms with Crippen molar-refractivity contribution >= 4 is 11.6 Å². The lowest BCUT2D eigenvalue weighted by molar-refractivity contribution is -0.120. The van der Waals surface area contributed by atoms with Gasteiger partial charge >= 0.3 is 0 Å². The van der Waals surface area contributed by atoms with Crippen LogP contribution in [-0.2, 0) is 11.2 Å². The number of hydrogen-bond acceptors (Lipinski definition) is 7. The maximum Gasteiger partial charge on any atom is 0.227 e. The van der Waals surface area contributed by atoms with Gasteiger partial charge in [0.2, 0.25) is 5.91 Å². The number of nitrogens with zero attached hydrogens (tertiary/aromatic N) is 7. The van der Waals surface area contributed by atoms with Crippen molar-refractivity contribution in [2.75, 3.05) is 7.05 Å². The summed E-state index contributed by atoms with van der Waals surface area (Å²) < 4.78 is 3.43. The Hall–Kier alpha value is -2.88. The molecule has 0 unspecified atom stereocenters. The summed E-state index contributed by atoms with van der Waals surface area (Å²) in [4.78, 5) is 16.5. The number of carbonyl (C=O) groups excluding carboxylic acids is 1. The third-order valence-electron chi connectivity index (χ3n) is 5.03. The van der Waals surface area contributed by atoms with Crippen molar-refractivity contribution in [1.82, 2.24) is 39.9 Å². The van der Waals surface area contributed by atoms with Crippen LogP contribution < -0.4 is 11.1 Å². The summed E-state index contributed by atoms with van der Waals surface area (Å²) >= 11 is 0. The highest BCUT2D eigenvalue weighted by molar-refractivity contribution is 5.77. The van der Waals surface area contributed by atoms with E-state index in [-0.39, 0.29) is 24.3 Å². The zero-order chi connectivity index (χ0) is 19.0. The third kappa shape index (κ3) is 3.39. The Morgan fingerprint density at radius 1 is 1.22 bits per heavy atom. The fraction of sp³-hybridized carbons (Fsp3) is 0.529. The molecule has 0 saturated heterocycles. The van der Waals surface area contributed by atoms with Gasteiger partial charge < -0.3 is 11.1 Å². The second-order valence-corrected chi connectivity index (χ2v) is 6.97. The van der Waals surface area contributed by atoms with Crippen molar-refractivity contribution in [3.05, 3.63) is 29.6 Å². The lowest BCUT2D eigenvalue weighted by atomic mass is 9.86. The molecule has 3 aromatic rings. The van der Waals surface area contributed by atoms with Gasteiger partial charge in [-0.1, -0.05) is 0 Å². The Bertz CT molecular complexity index is 968. The standard InChI is InChI=1S/C17H23N9O/c1-10-21-22-14-7-8-15(24-25(10)14)26-17(11-3-5-12(18)6-4-11)20-13(23-26)9-16(27)19-2/h7-8,11-12H,3-6,9,18H2,1-2H3,(H,19,27). The summed E-state index contributed by atoms with van der Waals surface area (Å²) in [5.74, 6) is 2.77. The van der Waals surface area contributed by atoms with Gasteiger partial charge in [-0.05, 0) is 44.7 Å². The number of rotatable bonds is 4. The molecule has 10 nitrogen and oxygen atoms in total. The van der Waals surface area contributed by atoms with Crippen LogP contribution in [-0.4, -0.2) is 53.6 Å². The van der Waals surface area contributed by atoms with Crippen LogP contribution in [0, 0.1) is 6.92 Å². The van der Waals surface area contributed by atoms with Crippen LogP contribution in [0.3, 0.4) is 0 Å². The number of nitrogens with one attached hydrogen (secondary N) is 1. The fourth-order valence-electron chi connectivity index (χ4n) is 3.49. The van der Waals surface area contributed by atoms with Gasteiger partial charge in [0.25, 0.3) is 0 Å². The van der Waals surface area contributed by atoms with Gasteiger partial charge in [0.15, 0.2) is 23.1 Å². The normalized spacial score (nSPS) is 20.1. The zero-order valence-corrected chi connectivity index (χ0v) is 15.5. The van der Waals surface area contributed by atoms with Crippen molar-refractivity contribution in [3.63, 3.8) is 0 Å². The number of carbonyl (C=O) groups is 1. The minimum atomic E-state index is -0.123. The van der Waals surface area contributed by atoms with Crippen LogP contribution in [0.4, 0.5) is 0 Å². The van der Waals surface area contributed by atoms with E-state index >= 15 is 0 Å². The molecule has 3 heterocycles. The highest BCUT2D eigenvalue weighted by Crippen LogP contribution is 2.32. The number of aromatic nitrogens is 7. The smallest absolute Gasteiger partial charge is 0.227 e. The van der Waals surface area contributed by atoms with E-state index in [1.54, 1.807) is 16.2 Å². The first kappa shape index (κ1) is 17.5. The van der Waals surface area contributed by atoms with Gasteiger partial charge in [0.1, 0.15) is 5.82 Å². The Balaban J connectivity index is 1.76. The first-order valence-corrected chi connectivity index (χ1v) is 9.16. The van der Waals surface area contributed by atoms with Gasteiger partial charge in [0, 0.05) is 19.0 Å². The molecule has 0 aliphatic heterocycles. The molecule has 1 amide bonds. The Morgan fingerprint density at radius 3 is 2.74 bits per heavy atom. The summed E-state index contributed by atoms with van der Waals surface area (Å²) in [5.41, 5.74) is 6.73. The molecule has 4 rings (SSSR count). The van der Waals surface area contributed by atoms with Crippen LogP contribution in [0.1, 0.15) is 49.1 Å². The molecule has 0 aromatic carbocycles. The molecule has 142 valence electrons. The van der Waals surface area contributed by atoms with Crippen molar-refractivity contribution in [3.8, 4) is 5.82 Å². The Labute approximate surface area is 156 Å². The molecule has 1 saturated carbocycles. The predicted molar refractivity (Wildman–Crippen MR) is 97.4 cm³/mol. The number of nitrogens with two attached hydrogens (primary N) is 1. The second-order valence-electron chi connectivity index (χ2n) is 6.97. The average molecular weight is 369 g/mol. The number of likely N-dealkylation sites (N-methyl/N-ethyl adjacent to an activating group) is 1. The molecule has 0 bridgehead atoms. The van der Waals surface area contributed by atoms with Crippen LogP contribution in [0.15, 0.2) is 12.1 Å². The van der Waals surface area contributed by atoms with E-state index < -0.39 is 0 Å². The Morgan fingerprint density at radius 2 is 2.00 bits per heavy atom. The monoisotopic (exact) mass is 369 g/mol. The zero-order valence-electron chi connectivity index (χ0n) is 15.5. The SMILES string of the molecule is CNC(=O)Cc1nc(C2CCC(N)CC2)n(-c2ccc3nnc(C)n3n2)n1. The van der Waals surface area contributed by atoms with E-state index in [2.05, 4.69) is 30.7 Å². The molecular formula is C17H23N9O. The predicted octanol–water partition coefficient (Wildman–Crippen LogP) is 0.287. The lowest BCUT2D eigenvalue weighted by Gasteiger charge is -2.25. The Kier molecular flexibility index (Phi) is 4.56.